The highest BCUT2D eigenvalue weighted by Crippen LogP contribution is 2.33. The van der Waals surface area contributed by atoms with Crippen LogP contribution in [0.2, 0.25) is 5.02 Å². The van der Waals surface area contributed by atoms with Gasteiger partial charge in [0.15, 0.2) is 5.65 Å². The van der Waals surface area contributed by atoms with Gasteiger partial charge in [0.2, 0.25) is 5.88 Å². The fourth-order valence-electron chi connectivity index (χ4n) is 2.82. The second kappa shape index (κ2) is 7.88. The van der Waals surface area contributed by atoms with E-state index in [1.807, 2.05) is 6.07 Å². The van der Waals surface area contributed by atoms with Crippen molar-refractivity contribution in [2.24, 2.45) is 7.05 Å². The second-order valence-electron chi connectivity index (χ2n) is 7.93. The average molecular weight is 441 g/mol. The number of aryl methyl sites for hydroxylation is 1. The Kier molecular flexibility index (Phi) is 5.24. The number of hydrogen-bond acceptors (Lipinski definition) is 6. The Bertz CT molecular complexity index is 1260. The maximum absolute atomic E-state index is 12.4. The van der Waals surface area contributed by atoms with Crippen LogP contribution in [0.5, 0.6) is 11.6 Å². The Morgan fingerprint density at radius 3 is 2.71 bits per heavy atom. The van der Waals surface area contributed by atoms with Crippen molar-refractivity contribution in [2.45, 2.75) is 26.2 Å². The maximum atomic E-state index is 12.4. The monoisotopic (exact) mass is 440 g/mol. The Hall–Kier alpha value is -3.66. The van der Waals surface area contributed by atoms with E-state index in [2.05, 4.69) is 56.7 Å². The van der Waals surface area contributed by atoms with Crippen LogP contribution in [0.25, 0.3) is 11.0 Å². The summed E-state index contributed by atoms with van der Waals surface area (Å²) in [7, 11) is 1.78. The van der Waals surface area contributed by atoms with Crippen molar-refractivity contribution in [1.82, 2.24) is 29.9 Å². The molecule has 11 heteroatoms. The molecule has 0 aliphatic rings. The zero-order chi connectivity index (χ0) is 22.2. The van der Waals surface area contributed by atoms with Gasteiger partial charge in [-0.2, -0.15) is 10.2 Å². The van der Waals surface area contributed by atoms with E-state index in [0.29, 0.717) is 39.2 Å². The molecule has 0 saturated carbocycles. The summed E-state index contributed by atoms with van der Waals surface area (Å²) in [5.74, 6) is 1.29. The number of carbonyl (C=O) groups is 1. The van der Waals surface area contributed by atoms with E-state index in [0.717, 1.165) is 5.69 Å². The third-order valence-corrected chi connectivity index (χ3v) is 4.79. The van der Waals surface area contributed by atoms with Gasteiger partial charge in [0.1, 0.15) is 23.3 Å². The molecule has 10 nitrogen and oxygen atoms in total. The summed E-state index contributed by atoms with van der Waals surface area (Å²) in [6, 6.07) is 6.35. The number of aromatic nitrogens is 6. The molecule has 160 valence electrons. The van der Waals surface area contributed by atoms with Crippen LogP contribution in [0.3, 0.4) is 0 Å². The highest BCUT2D eigenvalue weighted by Gasteiger charge is 2.20. The van der Waals surface area contributed by atoms with Crippen LogP contribution in [0.15, 0.2) is 36.8 Å². The minimum atomic E-state index is -0.413. The van der Waals surface area contributed by atoms with E-state index in [1.54, 1.807) is 36.1 Å². The Labute approximate surface area is 183 Å². The first-order valence-corrected chi connectivity index (χ1v) is 9.82. The number of anilines is 2. The largest absolute Gasteiger partial charge is 0.437 e. The minimum Gasteiger partial charge on any atom is -0.437 e. The van der Waals surface area contributed by atoms with Gasteiger partial charge in [0.25, 0.3) is 0 Å². The fourth-order valence-corrected chi connectivity index (χ4v) is 3.04. The van der Waals surface area contributed by atoms with E-state index in [1.165, 1.54) is 6.33 Å². The van der Waals surface area contributed by atoms with Crippen molar-refractivity contribution >= 4 is 40.2 Å². The van der Waals surface area contributed by atoms with Crippen LogP contribution in [-0.2, 0) is 12.5 Å². The fraction of sp³-hybridized carbons (Fsp3) is 0.250. The lowest BCUT2D eigenvalue weighted by atomic mass is 9.92. The van der Waals surface area contributed by atoms with Gasteiger partial charge >= 0.3 is 6.03 Å². The quantitative estimate of drug-likeness (QED) is 0.430. The first-order valence-electron chi connectivity index (χ1n) is 9.45. The van der Waals surface area contributed by atoms with Crippen molar-refractivity contribution in [1.29, 1.82) is 0 Å². The number of aromatic amines is 1. The average Bonchev–Trinajstić information content (AvgIpc) is 3.31. The van der Waals surface area contributed by atoms with Gasteiger partial charge in [0, 0.05) is 24.2 Å². The molecule has 0 saturated heterocycles. The van der Waals surface area contributed by atoms with Crippen LogP contribution in [0, 0.1) is 0 Å². The minimum absolute atomic E-state index is 0.122. The van der Waals surface area contributed by atoms with Crippen LogP contribution in [-0.4, -0.2) is 36.0 Å². The summed E-state index contributed by atoms with van der Waals surface area (Å²) < 4.78 is 7.43. The second-order valence-corrected chi connectivity index (χ2v) is 8.33. The van der Waals surface area contributed by atoms with Gasteiger partial charge in [-0.3, -0.25) is 15.1 Å². The number of carbonyl (C=O) groups excluding carboxylic acids is 1. The summed E-state index contributed by atoms with van der Waals surface area (Å²) in [6.45, 7) is 6.18. The summed E-state index contributed by atoms with van der Waals surface area (Å²) in [4.78, 5) is 20.6. The molecular formula is C20H21ClN8O2. The lowest BCUT2D eigenvalue weighted by Crippen LogP contribution is -2.21. The summed E-state index contributed by atoms with van der Waals surface area (Å²) >= 11 is 6.35. The van der Waals surface area contributed by atoms with Crippen LogP contribution >= 0.6 is 11.6 Å². The molecule has 0 aliphatic carbocycles. The van der Waals surface area contributed by atoms with E-state index in [9.17, 15) is 4.79 Å². The molecule has 31 heavy (non-hydrogen) atoms. The number of hydrogen-bond donors (Lipinski definition) is 3. The number of benzene rings is 1. The standard InChI is InChI=1S/C20H21ClN8O2/c1-20(2,3)15-8-16(29(4)28-15)26-19(30)25-11-5-6-14(13(21)7-11)31-18-12-9-24-27-17(12)22-10-23-18/h5-10H,1-4H3,(H2,25,26,30)(H,22,23,24,27). The van der Waals surface area contributed by atoms with E-state index >= 15 is 0 Å². The third-order valence-electron chi connectivity index (χ3n) is 4.50. The first kappa shape index (κ1) is 20.6. The molecule has 0 aliphatic heterocycles. The molecule has 0 spiro atoms. The van der Waals surface area contributed by atoms with E-state index in [-0.39, 0.29) is 5.41 Å². The first-order chi connectivity index (χ1) is 14.7. The zero-order valence-electron chi connectivity index (χ0n) is 17.4. The van der Waals surface area contributed by atoms with Gasteiger partial charge in [-0.15, -0.1) is 0 Å². The molecule has 0 unspecified atom stereocenters. The molecule has 1 aromatic carbocycles. The number of halogens is 1. The van der Waals surface area contributed by atoms with E-state index in [4.69, 9.17) is 16.3 Å². The van der Waals surface area contributed by atoms with Crippen molar-refractivity contribution < 1.29 is 9.53 Å². The van der Waals surface area contributed by atoms with Gasteiger partial charge in [-0.25, -0.2) is 14.8 Å². The predicted octanol–water partition coefficient (Wildman–Crippen LogP) is 4.47. The number of rotatable bonds is 4. The molecule has 4 rings (SSSR count). The van der Waals surface area contributed by atoms with Crippen LogP contribution < -0.4 is 15.4 Å². The highest BCUT2D eigenvalue weighted by atomic mass is 35.5. The summed E-state index contributed by atoms with van der Waals surface area (Å²) in [6.07, 6.45) is 2.94. The number of amides is 2. The van der Waals surface area contributed by atoms with Crippen LogP contribution in [0.4, 0.5) is 16.3 Å². The van der Waals surface area contributed by atoms with Crippen molar-refractivity contribution in [3.8, 4) is 11.6 Å². The topological polar surface area (TPSA) is 123 Å². The maximum Gasteiger partial charge on any atom is 0.324 e. The predicted molar refractivity (Wildman–Crippen MR) is 118 cm³/mol. The molecule has 2 amide bonds. The molecular weight excluding hydrogens is 420 g/mol. The number of fused-ring (bicyclic) bond motifs is 1. The normalized spacial score (nSPS) is 11.5. The molecule has 3 heterocycles. The molecule has 0 radical (unpaired) electrons. The van der Waals surface area contributed by atoms with Gasteiger partial charge in [0.05, 0.1) is 16.9 Å². The summed E-state index contributed by atoms with van der Waals surface area (Å²) in [5, 5.41) is 17.6. The number of urea groups is 1. The Morgan fingerprint density at radius 2 is 2.00 bits per heavy atom. The lowest BCUT2D eigenvalue weighted by molar-refractivity contribution is 0.262. The number of H-pyrrole nitrogens is 1. The Balaban J connectivity index is 1.45. The Morgan fingerprint density at radius 1 is 1.19 bits per heavy atom. The molecule has 0 bridgehead atoms. The number of nitrogens with one attached hydrogen (secondary N) is 3. The highest BCUT2D eigenvalue weighted by molar-refractivity contribution is 6.32. The molecule has 3 N–H and O–H groups in total. The number of ether oxygens (including phenoxy) is 1. The van der Waals surface area contributed by atoms with Crippen LogP contribution in [0.1, 0.15) is 26.5 Å². The molecule has 0 atom stereocenters. The van der Waals surface area contributed by atoms with Gasteiger partial charge < -0.3 is 10.1 Å². The van der Waals surface area contributed by atoms with Crippen molar-refractivity contribution in [3.63, 3.8) is 0 Å². The SMILES string of the molecule is Cn1nc(C(C)(C)C)cc1NC(=O)Nc1ccc(Oc2ncnc3[nH]ncc23)c(Cl)c1. The van der Waals surface area contributed by atoms with Crippen molar-refractivity contribution in [2.75, 3.05) is 10.6 Å². The third kappa shape index (κ3) is 4.43. The van der Waals surface area contributed by atoms with E-state index < -0.39 is 6.03 Å². The lowest BCUT2D eigenvalue weighted by Gasteiger charge is -2.13. The molecule has 4 aromatic rings. The summed E-state index contributed by atoms with van der Waals surface area (Å²) in [5.41, 5.74) is 1.82. The molecule has 0 fully saturated rings. The smallest absolute Gasteiger partial charge is 0.324 e. The van der Waals surface area contributed by atoms with Crippen molar-refractivity contribution in [3.05, 3.63) is 47.5 Å². The number of nitrogens with zero attached hydrogens (tertiary/aromatic N) is 5. The van der Waals surface area contributed by atoms with Gasteiger partial charge in [-0.1, -0.05) is 32.4 Å². The zero-order valence-corrected chi connectivity index (χ0v) is 18.2. The van der Waals surface area contributed by atoms with Gasteiger partial charge in [-0.05, 0) is 18.2 Å². The molecule has 3 aromatic heterocycles.